The van der Waals surface area contributed by atoms with E-state index in [1.54, 1.807) is 16.9 Å². The van der Waals surface area contributed by atoms with E-state index in [2.05, 4.69) is 20.4 Å². The molecule has 3 rings (SSSR count). The van der Waals surface area contributed by atoms with Crippen molar-refractivity contribution in [1.29, 1.82) is 0 Å². The van der Waals surface area contributed by atoms with Crippen molar-refractivity contribution in [2.24, 2.45) is 0 Å². The van der Waals surface area contributed by atoms with E-state index in [1.165, 1.54) is 6.33 Å². The van der Waals surface area contributed by atoms with Crippen LogP contribution >= 0.6 is 0 Å². The monoisotopic (exact) mass is 211 g/mol. The van der Waals surface area contributed by atoms with E-state index in [0.717, 1.165) is 17.0 Å². The summed E-state index contributed by atoms with van der Waals surface area (Å²) in [4.78, 5) is 8.24. The van der Waals surface area contributed by atoms with Crippen molar-refractivity contribution in [2.75, 3.05) is 5.32 Å². The molecule has 3 aromatic heterocycles. The molecule has 0 aromatic carbocycles. The SMILES string of the molecule is c1cncc(Nc2ncnn3cccc23)c1. The van der Waals surface area contributed by atoms with Gasteiger partial charge in [0, 0.05) is 12.4 Å². The van der Waals surface area contributed by atoms with Crippen LogP contribution in [0.1, 0.15) is 0 Å². The third kappa shape index (κ3) is 1.48. The summed E-state index contributed by atoms with van der Waals surface area (Å²) in [5.74, 6) is 0.771. The molecule has 0 aliphatic carbocycles. The highest BCUT2D eigenvalue weighted by molar-refractivity contribution is 5.72. The Morgan fingerprint density at radius 3 is 3.06 bits per heavy atom. The van der Waals surface area contributed by atoms with Gasteiger partial charge in [-0.15, -0.1) is 0 Å². The second-order valence-electron chi connectivity index (χ2n) is 3.31. The average Bonchev–Trinajstić information content (AvgIpc) is 2.80. The molecule has 0 amide bonds. The summed E-state index contributed by atoms with van der Waals surface area (Å²) in [6, 6.07) is 7.70. The summed E-state index contributed by atoms with van der Waals surface area (Å²) >= 11 is 0. The zero-order valence-electron chi connectivity index (χ0n) is 8.41. The maximum absolute atomic E-state index is 4.20. The van der Waals surface area contributed by atoms with Crippen molar-refractivity contribution < 1.29 is 0 Å². The fourth-order valence-electron chi connectivity index (χ4n) is 1.54. The molecule has 0 aliphatic rings. The fourth-order valence-corrected chi connectivity index (χ4v) is 1.54. The van der Waals surface area contributed by atoms with Crippen LogP contribution in [0.25, 0.3) is 5.52 Å². The standard InChI is InChI=1S/C11H9N5/c1-3-9(7-12-5-1)15-11-10-4-2-6-16(10)14-8-13-11/h1-8H,(H,13,14,15). The molecule has 0 fully saturated rings. The minimum absolute atomic E-state index is 0.771. The zero-order valence-corrected chi connectivity index (χ0v) is 8.41. The molecule has 1 N–H and O–H groups in total. The maximum atomic E-state index is 4.20. The Morgan fingerprint density at radius 1 is 1.19 bits per heavy atom. The van der Waals surface area contributed by atoms with Gasteiger partial charge in [-0.3, -0.25) is 4.98 Å². The number of hydrogen-bond donors (Lipinski definition) is 1. The van der Waals surface area contributed by atoms with Gasteiger partial charge in [0.25, 0.3) is 0 Å². The Bertz CT molecular complexity index is 602. The number of anilines is 2. The fraction of sp³-hybridized carbons (Fsp3) is 0. The molecular weight excluding hydrogens is 202 g/mol. The zero-order chi connectivity index (χ0) is 10.8. The molecule has 0 aliphatic heterocycles. The van der Waals surface area contributed by atoms with Gasteiger partial charge in [0.05, 0.1) is 11.9 Å². The predicted octanol–water partition coefficient (Wildman–Crippen LogP) is 1.87. The number of rotatable bonds is 2. The molecule has 0 saturated carbocycles. The van der Waals surface area contributed by atoms with E-state index < -0.39 is 0 Å². The number of aromatic nitrogens is 4. The molecule has 0 spiro atoms. The first-order chi connectivity index (χ1) is 7.93. The van der Waals surface area contributed by atoms with Crippen molar-refractivity contribution >= 4 is 17.0 Å². The summed E-state index contributed by atoms with van der Waals surface area (Å²) < 4.78 is 1.77. The molecule has 0 bridgehead atoms. The third-order valence-electron chi connectivity index (χ3n) is 2.26. The lowest BCUT2D eigenvalue weighted by atomic mass is 10.4. The molecule has 5 nitrogen and oxygen atoms in total. The van der Waals surface area contributed by atoms with Crippen LogP contribution in [0.3, 0.4) is 0 Å². The molecule has 78 valence electrons. The number of pyridine rings is 1. The largest absolute Gasteiger partial charge is 0.337 e. The minimum atomic E-state index is 0.771. The summed E-state index contributed by atoms with van der Waals surface area (Å²) in [5.41, 5.74) is 1.84. The third-order valence-corrected chi connectivity index (χ3v) is 2.26. The number of nitrogens with one attached hydrogen (secondary N) is 1. The van der Waals surface area contributed by atoms with Crippen LogP contribution < -0.4 is 5.32 Å². The van der Waals surface area contributed by atoms with Crippen LogP contribution in [0.5, 0.6) is 0 Å². The van der Waals surface area contributed by atoms with E-state index in [0.29, 0.717) is 0 Å². The highest BCUT2D eigenvalue weighted by Gasteiger charge is 2.02. The Labute approximate surface area is 91.8 Å². The van der Waals surface area contributed by atoms with Crippen molar-refractivity contribution in [3.05, 3.63) is 49.2 Å². The lowest BCUT2D eigenvalue weighted by Gasteiger charge is -2.05. The lowest BCUT2D eigenvalue weighted by molar-refractivity contribution is 0.906. The topological polar surface area (TPSA) is 55.1 Å². The van der Waals surface area contributed by atoms with Crippen molar-refractivity contribution in [3.8, 4) is 0 Å². The van der Waals surface area contributed by atoms with Crippen LogP contribution in [-0.4, -0.2) is 19.6 Å². The molecule has 5 heteroatoms. The van der Waals surface area contributed by atoms with Gasteiger partial charge in [-0.05, 0) is 24.3 Å². The smallest absolute Gasteiger partial charge is 0.158 e. The normalized spacial score (nSPS) is 10.5. The second kappa shape index (κ2) is 3.62. The van der Waals surface area contributed by atoms with Crippen LogP contribution in [0.15, 0.2) is 49.2 Å². The molecule has 3 aromatic rings. The highest BCUT2D eigenvalue weighted by Crippen LogP contribution is 2.17. The van der Waals surface area contributed by atoms with Crippen LogP contribution in [0, 0.1) is 0 Å². The Balaban J connectivity index is 2.04. The van der Waals surface area contributed by atoms with E-state index in [-0.39, 0.29) is 0 Å². The number of hydrogen-bond acceptors (Lipinski definition) is 4. The molecule has 16 heavy (non-hydrogen) atoms. The minimum Gasteiger partial charge on any atom is -0.337 e. The number of nitrogens with zero attached hydrogens (tertiary/aromatic N) is 4. The molecular formula is C11H9N5. The number of fused-ring (bicyclic) bond motifs is 1. The first-order valence-corrected chi connectivity index (χ1v) is 4.89. The van der Waals surface area contributed by atoms with Crippen molar-refractivity contribution in [3.63, 3.8) is 0 Å². The van der Waals surface area contributed by atoms with Gasteiger partial charge < -0.3 is 5.32 Å². The van der Waals surface area contributed by atoms with Crippen molar-refractivity contribution in [1.82, 2.24) is 19.6 Å². The summed E-state index contributed by atoms with van der Waals surface area (Å²) in [5, 5.41) is 7.29. The Morgan fingerprint density at radius 2 is 2.19 bits per heavy atom. The first kappa shape index (κ1) is 8.84. The molecule has 0 atom stereocenters. The van der Waals surface area contributed by atoms with Gasteiger partial charge in [0.2, 0.25) is 0 Å². The van der Waals surface area contributed by atoms with Gasteiger partial charge >= 0.3 is 0 Å². The van der Waals surface area contributed by atoms with Crippen LogP contribution in [0.4, 0.5) is 11.5 Å². The van der Waals surface area contributed by atoms with Gasteiger partial charge in [-0.25, -0.2) is 9.50 Å². The van der Waals surface area contributed by atoms with E-state index >= 15 is 0 Å². The maximum Gasteiger partial charge on any atom is 0.158 e. The molecule has 0 saturated heterocycles. The second-order valence-corrected chi connectivity index (χ2v) is 3.31. The van der Waals surface area contributed by atoms with Crippen molar-refractivity contribution in [2.45, 2.75) is 0 Å². The highest BCUT2D eigenvalue weighted by atomic mass is 15.2. The first-order valence-electron chi connectivity index (χ1n) is 4.89. The predicted molar refractivity (Wildman–Crippen MR) is 60.5 cm³/mol. The van der Waals surface area contributed by atoms with Crippen LogP contribution in [-0.2, 0) is 0 Å². The Kier molecular flexibility index (Phi) is 2.00. The molecule has 0 unspecified atom stereocenters. The van der Waals surface area contributed by atoms with Gasteiger partial charge in [0.15, 0.2) is 5.82 Å². The molecule has 0 radical (unpaired) electrons. The van der Waals surface area contributed by atoms with Crippen LogP contribution in [0.2, 0.25) is 0 Å². The van der Waals surface area contributed by atoms with Gasteiger partial charge in [0.1, 0.15) is 11.8 Å². The van der Waals surface area contributed by atoms with E-state index in [4.69, 9.17) is 0 Å². The average molecular weight is 211 g/mol. The quantitative estimate of drug-likeness (QED) is 0.703. The van der Waals surface area contributed by atoms with E-state index in [1.807, 2.05) is 30.5 Å². The summed E-state index contributed by atoms with van der Waals surface area (Å²) in [7, 11) is 0. The van der Waals surface area contributed by atoms with E-state index in [9.17, 15) is 0 Å². The summed E-state index contributed by atoms with van der Waals surface area (Å²) in [6.07, 6.45) is 6.89. The molecule has 3 heterocycles. The summed E-state index contributed by atoms with van der Waals surface area (Å²) in [6.45, 7) is 0. The lowest BCUT2D eigenvalue weighted by Crippen LogP contribution is -1.99. The van der Waals surface area contributed by atoms with Gasteiger partial charge in [-0.2, -0.15) is 5.10 Å². The Hall–Kier alpha value is -2.43. The van der Waals surface area contributed by atoms with Gasteiger partial charge in [-0.1, -0.05) is 0 Å².